The van der Waals surface area contributed by atoms with Crippen molar-refractivity contribution in [2.75, 3.05) is 12.9 Å². The molecule has 0 fully saturated rings. The lowest BCUT2D eigenvalue weighted by Crippen LogP contribution is -2.24. The minimum absolute atomic E-state index is 0.0610. The Morgan fingerprint density at radius 1 is 1.23 bits per heavy atom. The first kappa shape index (κ1) is 20.5. The molecule has 0 atom stereocenters. The number of ether oxygens (including phenoxy) is 2. The lowest BCUT2D eigenvalue weighted by Gasteiger charge is -2.12. The first-order valence-corrected chi connectivity index (χ1v) is 9.44. The van der Waals surface area contributed by atoms with E-state index in [0.717, 1.165) is 14.9 Å². The van der Waals surface area contributed by atoms with E-state index in [9.17, 15) is 13.6 Å². The second-order valence-corrected chi connectivity index (χ2v) is 7.27. The summed E-state index contributed by atoms with van der Waals surface area (Å²) in [6.45, 7) is -0.755. The molecule has 0 spiro atoms. The van der Waals surface area contributed by atoms with Crippen molar-refractivity contribution < 1.29 is 23.0 Å². The first-order valence-electron chi connectivity index (χ1n) is 7.66. The fraction of sp³-hybridized carbons (Fsp3) is 0.278. The number of thioether (sulfide) groups is 1. The molecule has 0 heterocycles. The molecular weight excluding hydrogens is 428 g/mol. The molecule has 2 aromatic rings. The number of benzene rings is 2. The normalized spacial score (nSPS) is 10.7. The molecule has 0 unspecified atom stereocenters. The molecule has 2 aromatic carbocycles. The summed E-state index contributed by atoms with van der Waals surface area (Å²) >= 11 is 4.84. The Balaban J connectivity index is 1.90. The fourth-order valence-corrected chi connectivity index (χ4v) is 3.50. The minimum atomic E-state index is -2.95. The predicted molar refractivity (Wildman–Crippen MR) is 101 cm³/mol. The van der Waals surface area contributed by atoms with E-state index in [1.165, 1.54) is 31.0 Å². The van der Waals surface area contributed by atoms with Crippen molar-refractivity contribution in [3.05, 3.63) is 52.0 Å². The van der Waals surface area contributed by atoms with E-state index in [2.05, 4.69) is 26.0 Å². The SMILES string of the molecule is COc1ccc(CNC(=O)CSc2ccc(Br)cc2C)cc1OC(F)F. The number of aryl methyl sites for hydroxylation is 1. The Labute approximate surface area is 163 Å². The van der Waals surface area contributed by atoms with Gasteiger partial charge < -0.3 is 14.8 Å². The molecule has 0 aromatic heterocycles. The molecule has 0 saturated heterocycles. The first-order chi connectivity index (χ1) is 12.4. The van der Waals surface area contributed by atoms with E-state index in [4.69, 9.17) is 4.74 Å². The van der Waals surface area contributed by atoms with Crippen LogP contribution < -0.4 is 14.8 Å². The Hall–Kier alpha value is -1.80. The highest BCUT2D eigenvalue weighted by atomic mass is 79.9. The molecule has 0 bridgehead atoms. The number of hydrogen-bond donors (Lipinski definition) is 1. The van der Waals surface area contributed by atoms with Crippen LogP contribution in [0.15, 0.2) is 45.8 Å². The summed E-state index contributed by atoms with van der Waals surface area (Å²) in [5, 5.41) is 2.77. The largest absolute Gasteiger partial charge is 0.493 e. The third-order valence-electron chi connectivity index (χ3n) is 3.43. The summed E-state index contributed by atoms with van der Waals surface area (Å²) in [6.07, 6.45) is 0. The van der Waals surface area contributed by atoms with E-state index in [-0.39, 0.29) is 29.7 Å². The van der Waals surface area contributed by atoms with Crippen molar-refractivity contribution in [1.82, 2.24) is 5.32 Å². The lowest BCUT2D eigenvalue weighted by atomic mass is 10.2. The molecule has 1 N–H and O–H groups in total. The van der Waals surface area contributed by atoms with Crippen LogP contribution in [0.4, 0.5) is 8.78 Å². The van der Waals surface area contributed by atoms with Gasteiger partial charge in [-0.25, -0.2) is 0 Å². The Morgan fingerprint density at radius 2 is 2.00 bits per heavy atom. The zero-order chi connectivity index (χ0) is 19.1. The van der Waals surface area contributed by atoms with E-state index < -0.39 is 6.61 Å². The Morgan fingerprint density at radius 3 is 2.65 bits per heavy atom. The van der Waals surface area contributed by atoms with Crippen LogP contribution in [0.3, 0.4) is 0 Å². The van der Waals surface area contributed by atoms with Gasteiger partial charge >= 0.3 is 6.61 Å². The second kappa shape index (κ2) is 9.78. The molecule has 8 heteroatoms. The fourth-order valence-electron chi connectivity index (χ4n) is 2.19. The molecule has 0 aliphatic heterocycles. The summed E-state index contributed by atoms with van der Waals surface area (Å²) in [6, 6.07) is 10.5. The molecule has 0 aliphatic rings. The Kier molecular flexibility index (Phi) is 7.71. The summed E-state index contributed by atoms with van der Waals surface area (Å²) in [5.41, 5.74) is 1.72. The molecule has 0 radical (unpaired) electrons. The van der Waals surface area contributed by atoms with E-state index in [1.807, 2.05) is 25.1 Å². The smallest absolute Gasteiger partial charge is 0.387 e. The number of carbonyl (C=O) groups excluding carboxylic acids is 1. The van der Waals surface area contributed by atoms with Gasteiger partial charge in [-0.2, -0.15) is 8.78 Å². The molecular formula is C18H18BrF2NO3S. The average Bonchev–Trinajstić information content (AvgIpc) is 2.59. The van der Waals surface area contributed by atoms with E-state index in [0.29, 0.717) is 5.56 Å². The maximum Gasteiger partial charge on any atom is 0.387 e. The molecule has 0 aliphatic carbocycles. The molecule has 26 heavy (non-hydrogen) atoms. The highest BCUT2D eigenvalue weighted by Crippen LogP contribution is 2.29. The summed E-state index contributed by atoms with van der Waals surface area (Å²) in [7, 11) is 1.37. The van der Waals surface area contributed by atoms with Gasteiger partial charge in [0.2, 0.25) is 5.91 Å². The summed E-state index contributed by atoms with van der Waals surface area (Å²) in [4.78, 5) is 13.1. The van der Waals surface area contributed by atoms with Crippen LogP contribution in [0.25, 0.3) is 0 Å². The van der Waals surface area contributed by atoms with Crippen LogP contribution in [-0.4, -0.2) is 25.4 Å². The summed E-state index contributed by atoms with van der Waals surface area (Å²) in [5.74, 6) is 0.263. The van der Waals surface area contributed by atoms with Crippen molar-refractivity contribution in [2.45, 2.75) is 25.0 Å². The van der Waals surface area contributed by atoms with Crippen LogP contribution >= 0.6 is 27.7 Å². The molecule has 4 nitrogen and oxygen atoms in total. The van der Waals surface area contributed by atoms with Gasteiger partial charge in [-0.15, -0.1) is 11.8 Å². The number of halogens is 3. The quantitative estimate of drug-likeness (QED) is 0.594. The maximum absolute atomic E-state index is 12.4. The number of amides is 1. The van der Waals surface area contributed by atoms with Crippen molar-refractivity contribution >= 4 is 33.6 Å². The van der Waals surface area contributed by atoms with Crippen LogP contribution in [-0.2, 0) is 11.3 Å². The van der Waals surface area contributed by atoms with Crippen molar-refractivity contribution in [1.29, 1.82) is 0 Å². The molecule has 1 amide bonds. The van der Waals surface area contributed by atoms with Gasteiger partial charge in [0.1, 0.15) is 0 Å². The van der Waals surface area contributed by atoms with Crippen molar-refractivity contribution in [3.63, 3.8) is 0 Å². The maximum atomic E-state index is 12.4. The third-order valence-corrected chi connectivity index (χ3v) is 5.10. The van der Waals surface area contributed by atoms with Crippen LogP contribution in [0, 0.1) is 6.92 Å². The second-order valence-electron chi connectivity index (χ2n) is 5.34. The summed E-state index contributed by atoms with van der Waals surface area (Å²) < 4.78 is 35.3. The highest BCUT2D eigenvalue weighted by Gasteiger charge is 2.12. The van der Waals surface area contributed by atoms with Gasteiger partial charge in [0.05, 0.1) is 12.9 Å². The van der Waals surface area contributed by atoms with Gasteiger partial charge in [-0.1, -0.05) is 22.0 Å². The average molecular weight is 446 g/mol. The topological polar surface area (TPSA) is 47.6 Å². The van der Waals surface area contributed by atoms with Crippen LogP contribution in [0.2, 0.25) is 0 Å². The molecule has 140 valence electrons. The Bertz CT molecular complexity index is 774. The zero-order valence-electron chi connectivity index (χ0n) is 14.2. The highest BCUT2D eigenvalue weighted by molar-refractivity contribution is 9.10. The van der Waals surface area contributed by atoms with Crippen molar-refractivity contribution in [2.24, 2.45) is 0 Å². The van der Waals surface area contributed by atoms with Crippen LogP contribution in [0.5, 0.6) is 11.5 Å². The van der Waals surface area contributed by atoms with Gasteiger partial charge in [0, 0.05) is 15.9 Å². The van der Waals surface area contributed by atoms with E-state index in [1.54, 1.807) is 6.07 Å². The minimum Gasteiger partial charge on any atom is -0.493 e. The standard InChI is InChI=1S/C18H18BrF2NO3S/c1-11-7-13(19)4-6-16(11)26-10-17(23)22-9-12-3-5-14(24-2)15(8-12)25-18(20)21/h3-8,18H,9-10H2,1-2H3,(H,22,23). The van der Waals surface area contributed by atoms with Crippen LogP contribution in [0.1, 0.15) is 11.1 Å². The third kappa shape index (κ3) is 6.17. The lowest BCUT2D eigenvalue weighted by molar-refractivity contribution is -0.118. The monoisotopic (exact) mass is 445 g/mol. The van der Waals surface area contributed by atoms with E-state index >= 15 is 0 Å². The molecule has 2 rings (SSSR count). The number of carbonyl (C=O) groups is 1. The number of hydrogen-bond acceptors (Lipinski definition) is 4. The van der Waals surface area contributed by atoms with Crippen molar-refractivity contribution in [3.8, 4) is 11.5 Å². The van der Waals surface area contributed by atoms with Gasteiger partial charge in [-0.3, -0.25) is 4.79 Å². The van der Waals surface area contributed by atoms with Gasteiger partial charge in [-0.05, 0) is 48.4 Å². The zero-order valence-corrected chi connectivity index (χ0v) is 16.6. The number of methoxy groups -OCH3 is 1. The number of rotatable bonds is 8. The molecule has 0 saturated carbocycles. The number of nitrogens with one attached hydrogen (secondary N) is 1. The van der Waals surface area contributed by atoms with Gasteiger partial charge in [0.25, 0.3) is 0 Å². The van der Waals surface area contributed by atoms with Gasteiger partial charge in [0.15, 0.2) is 11.5 Å². The number of alkyl halides is 2. The predicted octanol–water partition coefficient (Wildman–Crippen LogP) is 4.78.